The van der Waals surface area contributed by atoms with Crippen LogP contribution in [0.5, 0.6) is 17.2 Å². The van der Waals surface area contributed by atoms with Crippen LogP contribution in [0, 0.1) is 11.3 Å². The van der Waals surface area contributed by atoms with Crippen LogP contribution in [0.15, 0.2) is 60.9 Å². The van der Waals surface area contributed by atoms with Crippen molar-refractivity contribution in [2.75, 3.05) is 31.7 Å². The third kappa shape index (κ3) is 6.49. The topological polar surface area (TPSA) is 119 Å². The van der Waals surface area contributed by atoms with Gasteiger partial charge in [0.25, 0.3) is 0 Å². The number of aliphatic hydroxyl groups excluding tert-OH is 1. The molecule has 0 saturated carbocycles. The molecule has 1 unspecified atom stereocenters. The Morgan fingerprint density at radius 1 is 1.10 bits per heavy atom. The summed E-state index contributed by atoms with van der Waals surface area (Å²) in [6, 6.07) is 16.8. The summed E-state index contributed by atoms with van der Waals surface area (Å²) in [4.78, 5) is 8.75. The monoisotopic (exact) mass is 546 g/mol. The van der Waals surface area contributed by atoms with Crippen molar-refractivity contribution in [2.24, 2.45) is 0 Å². The molecule has 39 heavy (non-hydrogen) atoms. The molecular weight excluding hydrogens is 520 g/mol. The summed E-state index contributed by atoms with van der Waals surface area (Å²) >= 11 is 6.52. The number of nitriles is 1. The second-order valence-corrected chi connectivity index (χ2v) is 9.29. The number of aliphatic hydroxyl groups is 1. The number of anilines is 2. The van der Waals surface area contributed by atoms with E-state index in [1.54, 1.807) is 30.5 Å². The minimum absolute atomic E-state index is 0.00943. The normalized spacial score (nSPS) is 14.6. The zero-order chi connectivity index (χ0) is 27.0. The van der Waals surface area contributed by atoms with E-state index in [9.17, 15) is 10.4 Å². The number of benzene rings is 2. The third-order valence-electron chi connectivity index (χ3n) is 6.10. The van der Waals surface area contributed by atoms with Gasteiger partial charge in [-0.1, -0.05) is 17.7 Å². The van der Waals surface area contributed by atoms with Crippen LogP contribution >= 0.6 is 11.6 Å². The highest BCUT2D eigenvalue weighted by atomic mass is 35.5. The van der Waals surface area contributed by atoms with Gasteiger partial charge in [-0.25, -0.2) is 0 Å². The van der Waals surface area contributed by atoms with Crippen LogP contribution < -0.4 is 19.5 Å². The quantitative estimate of drug-likeness (QED) is 0.238. The van der Waals surface area contributed by atoms with Crippen LogP contribution in [-0.2, 0) is 11.3 Å². The van der Waals surface area contributed by atoms with Crippen molar-refractivity contribution in [1.82, 2.24) is 9.97 Å². The van der Waals surface area contributed by atoms with E-state index in [1.807, 2.05) is 24.3 Å². The molecule has 0 bridgehead atoms. The second kappa shape index (κ2) is 12.6. The number of fused-ring (bicyclic) bond motifs is 1. The first kappa shape index (κ1) is 26.5. The molecule has 0 aliphatic carbocycles. The lowest BCUT2D eigenvalue weighted by molar-refractivity contribution is 0.137. The highest BCUT2D eigenvalue weighted by Gasteiger charge is 2.21. The minimum atomic E-state index is -0.0841. The molecule has 1 aliphatic rings. The minimum Gasteiger partial charge on any atom is -0.490 e. The molecule has 2 aromatic heterocycles. The number of hydrogen-bond acceptors (Lipinski definition) is 9. The zero-order valence-electron chi connectivity index (χ0n) is 21.1. The van der Waals surface area contributed by atoms with E-state index < -0.39 is 0 Å². The molecule has 0 amide bonds. The Labute approximate surface area is 230 Å². The van der Waals surface area contributed by atoms with Crippen LogP contribution in [-0.4, -0.2) is 47.6 Å². The van der Waals surface area contributed by atoms with Crippen molar-refractivity contribution in [3.63, 3.8) is 0 Å². The molecule has 5 rings (SSSR count). The molecule has 1 aliphatic heterocycles. The van der Waals surface area contributed by atoms with Crippen LogP contribution in [0.2, 0.25) is 5.02 Å². The Kier molecular flexibility index (Phi) is 8.58. The number of nitrogens with zero attached hydrogens (tertiary/aromatic N) is 3. The van der Waals surface area contributed by atoms with Crippen LogP contribution in [0.3, 0.4) is 0 Å². The number of hydrogen-bond donors (Lipinski definition) is 2. The summed E-state index contributed by atoms with van der Waals surface area (Å²) in [5.41, 5.74) is 3.00. The maximum Gasteiger partial charge on any atom is 0.163 e. The largest absolute Gasteiger partial charge is 0.490 e. The van der Waals surface area contributed by atoms with Gasteiger partial charge in [0.15, 0.2) is 11.5 Å². The molecule has 200 valence electrons. The van der Waals surface area contributed by atoms with E-state index in [0.29, 0.717) is 76.4 Å². The van der Waals surface area contributed by atoms with Crippen molar-refractivity contribution in [1.29, 1.82) is 5.26 Å². The summed E-state index contributed by atoms with van der Waals surface area (Å²) in [5, 5.41) is 23.5. The first-order chi connectivity index (χ1) is 19.1. The zero-order valence-corrected chi connectivity index (χ0v) is 21.9. The van der Waals surface area contributed by atoms with Gasteiger partial charge in [-0.3, -0.25) is 9.97 Å². The highest BCUT2D eigenvalue weighted by molar-refractivity contribution is 6.32. The molecule has 0 radical (unpaired) electrons. The molecule has 2 aromatic carbocycles. The van der Waals surface area contributed by atoms with Gasteiger partial charge in [0, 0.05) is 49.0 Å². The molecule has 10 heteroatoms. The van der Waals surface area contributed by atoms with E-state index in [2.05, 4.69) is 21.4 Å². The first-order valence-electron chi connectivity index (χ1n) is 12.6. The summed E-state index contributed by atoms with van der Waals surface area (Å²) in [5.74, 6) is 1.56. The first-order valence-corrected chi connectivity index (χ1v) is 13.0. The van der Waals surface area contributed by atoms with E-state index in [-0.39, 0.29) is 19.3 Å². The molecule has 9 nitrogen and oxygen atoms in total. The Balaban J connectivity index is 1.44. The lowest BCUT2D eigenvalue weighted by Gasteiger charge is -2.19. The SMILES string of the molecule is N#Cc1cnc2cc(OC3CCOC3)c(OCCCO)cc2c1Nc1ccc(OCc2ccccn2)c(Cl)c1. The van der Waals surface area contributed by atoms with Gasteiger partial charge in [-0.15, -0.1) is 0 Å². The molecule has 1 fully saturated rings. The van der Waals surface area contributed by atoms with Crippen molar-refractivity contribution in [2.45, 2.75) is 25.6 Å². The van der Waals surface area contributed by atoms with Gasteiger partial charge in [0.05, 0.1) is 47.3 Å². The molecule has 0 spiro atoms. The lowest BCUT2D eigenvalue weighted by Crippen LogP contribution is -2.16. The van der Waals surface area contributed by atoms with Crippen molar-refractivity contribution >= 4 is 33.9 Å². The van der Waals surface area contributed by atoms with Crippen molar-refractivity contribution in [3.8, 4) is 23.3 Å². The van der Waals surface area contributed by atoms with E-state index in [4.69, 9.17) is 30.5 Å². The number of ether oxygens (including phenoxy) is 4. The summed E-state index contributed by atoms with van der Waals surface area (Å²) < 4.78 is 23.4. The number of halogens is 1. The van der Waals surface area contributed by atoms with Crippen molar-refractivity contribution in [3.05, 3.63) is 77.2 Å². The predicted octanol–water partition coefficient (Wildman–Crippen LogP) is 5.41. The van der Waals surface area contributed by atoms with E-state index in [1.165, 1.54) is 6.20 Å². The maximum atomic E-state index is 9.84. The van der Waals surface area contributed by atoms with Gasteiger partial charge in [0.2, 0.25) is 0 Å². The molecule has 4 aromatic rings. The average molecular weight is 547 g/mol. The number of pyridine rings is 2. The maximum absolute atomic E-state index is 9.84. The Morgan fingerprint density at radius 2 is 2.03 bits per heavy atom. The van der Waals surface area contributed by atoms with Crippen molar-refractivity contribution < 1.29 is 24.1 Å². The average Bonchev–Trinajstić information content (AvgIpc) is 3.47. The summed E-state index contributed by atoms with van der Waals surface area (Å²) in [6.45, 7) is 1.76. The number of nitrogens with one attached hydrogen (secondary N) is 1. The van der Waals surface area contributed by atoms with E-state index in [0.717, 1.165) is 12.1 Å². The fourth-order valence-electron chi connectivity index (χ4n) is 4.13. The molecule has 1 atom stereocenters. The van der Waals surface area contributed by atoms with Gasteiger partial charge in [0.1, 0.15) is 24.5 Å². The molecular formula is C29H27ClN4O5. The number of rotatable bonds is 11. The summed E-state index contributed by atoms with van der Waals surface area (Å²) in [7, 11) is 0. The fourth-order valence-corrected chi connectivity index (χ4v) is 4.37. The lowest BCUT2D eigenvalue weighted by atomic mass is 10.1. The van der Waals surface area contributed by atoms with Crippen LogP contribution in [0.4, 0.5) is 11.4 Å². The molecule has 2 N–H and O–H groups in total. The molecule has 3 heterocycles. The Morgan fingerprint density at radius 3 is 2.77 bits per heavy atom. The number of aromatic nitrogens is 2. The van der Waals surface area contributed by atoms with Gasteiger partial charge < -0.3 is 29.4 Å². The standard InChI is InChI=1S/C29H27ClN4O5/c30-24-12-20(5-6-26(24)38-17-21-4-1-2-8-32-21)34-29-19(15-31)16-33-25-14-28(39-22-7-11-36-18-22)27(13-23(25)29)37-10-3-9-35/h1-2,4-6,8,12-14,16,22,35H,3,7,9-11,17-18H2,(H,33,34). The van der Waals surface area contributed by atoms with Gasteiger partial charge >= 0.3 is 0 Å². The third-order valence-corrected chi connectivity index (χ3v) is 6.39. The van der Waals surface area contributed by atoms with Crippen LogP contribution in [0.1, 0.15) is 24.1 Å². The predicted molar refractivity (Wildman–Crippen MR) is 147 cm³/mol. The van der Waals surface area contributed by atoms with Gasteiger partial charge in [-0.2, -0.15) is 5.26 Å². The van der Waals surface area contributed by atoms with E-state index >= 15 is 0 Å². The Bertz CT molecular complexity index is 1470. The fraction of sp³-hybridized carbons (Fsp3) is 0.276. The second-order valence-electron chi connectivity index (χ2n) is 8.88. The van der Waals surface area contributed by atoms with Gasteiger partial charge in [-0.05, 0) is 36.4 Å². The van der Waals surface area contributed by atoms with Crippen LogP contribution in [0.25, 0.3) is 10.9 Å². The Hall–Kier alpha value is -4.10. The summed E-state index contributed by atoms with van der Waals surface area (Å²) in [6.07, 6.45) is 4.40. The smallest absolute Gasteiger partial charge is 0.163 e. The highest BCUT2D eigenvalue weighted by Crippen LogP contribution is 2.39. The molecule has 1 saturated heterocycles.